The molecule has 1 heterocycles. The summed E-state index contributed by atoms with van der Waals surface area (Å²) in [5.74, 6) is -0.0297. The number of hydrogen-bond donors (Lipinski definition) is 1. The van der Waals surface area contributed by atoms with Gasteiger partial charge in [0.1, 0.15) is 0 Å². The zero-order chi connectivity index (χ0) is 21.4. The molecule has 0 unspecified atom stereocenters. The molecule has 2 amide bonds. The summed E-state index contributed by atoms with van der Waals surface area (Å²) in [7, 11) is 0. The molecule has 1 fully saturated rings. The Bertz CT molecular complexity index is 1200. The second-order valence-electron chi connectivity index (χ2n) is 8.05. The molecule has 3 aromatic carbocycles. The average molecular weight is 410 g/mol. The number of nitrogens with zero attached hydrogens (tertiary/aromatic N) is 1. The SMILES string of the molecule is O=C(NCc1ccc(CN2CCCC2=O)cc1)c1ccc2c(c1)C(=O)c1ccccc1-2. The minimum atomic E-state index is -0.210. The van der Waals surface area contributed by atoms with Crippen LogP contribution in [-0.4, -0.2) is 29.0 Å². The molecule has 1 aliphatic carbocycles. The topological polar surface area (TPSA) is 66.5 Å². The number of rotatable bonds is 5. The summed E-state index contributed by atoms with van der Waals surface area (Å²) in [5, 5.41) is 2.93. The van der Waals surface area contributed by atoms with Crippen LogP contribution in [0, 0.1) is 0 Å². The number of carbonyl (C=O) groups is 3. The van der Waals surface area contributed by atoms with Gasteiger partial charge in [-0.05, 0) is 40.8 Å². The minimum Gasteiger partial charge on any atom is -0.348 e. The van der Waals surface area contributed by atoms with Crippen LogP contribution in [0.2, 0.25) is 0 Å². The molecule has 154 valence electrons. The van der Waals surface area contributed by atoms with Crippen molar-refractivity contribution in [2.75, 3.05) is 6.54 Å². The minimum absolute atomic E-state index is 0.0349. The van der Waals surface area contributed by atoms with Crippen molar-refractivity contribution in [2.24, 2.45) is 0 Å². The third-order valence-electron chi connectivity index (χ3n) is 6.01. The van der Waals surface area contributed by atoms with E-state index in [-0.39, 0.29) is 17.6 Å². The van der Waals surface area contributed by atoms with E-state index in [1.807, 2.05) is 59.5 Å². The average Bonchev–Trinajstić information content (AvgIpc) is 3.33. The highest BCUT2D eigenvalue weighted by Gasteiger charge is 2.27. The Kier molecular flexibility index (Phi) is 4.86. The van der Waals surface area contributed by atoms with Crippen molar-refractivity contribution in [2.45, 2.75) is 25.9 Å². The number of ketones is 1. The predicted molar refractivity (Wildman–Crippen MR) is 118 cm³/mol. The van der Waals surface area contributed by atoms with Crippen molar-refractivity contribution in [1.82, 2.24) is 10.2 Å². The smallest absolute Gasteiger partial charge is 0.251 e. The molecule has 0 atom stereocenters. The van der Waals surface area contributed by atoms with Crippen molar-refractivity contribution < 1.29 is 14.4 Å². The fraction of sp³-hybridized carbons (Fsp3) is 0.192. The lowest BCUT2D eigenvalue weighted by Crippen LogP contribution is -2.24. The van der Waals surface area contributed by atoms with Crippen LogP contribution >= 0.6 is 0 Å². The lowest BCUT2D eigenvalue weighted by molar-refractivity contribution is -0.128. The van der Waals surface area contributed by atoms with Crippen LogP contribution in [0.15, 0.2) is 66.7 Å². The molecular weight excluding hydrogens is 388 g/mol. The largest absolute Gasteiger partial charge is 0.348 e. The molecule has 0 spiro atoms. The first-order chi connectivity index (χ1) is 15.1. The van der Waals surface area contributed by atoms with Crippen molar-refractivity contribution in [1.29, 1.82) is 0 Å². The van der Waals surface area contributed by atoms with Crippen LogP contribution in [0.4, 0.5) is 0 Å². The van der Waals surface area contributed by atoms with Gasteiger partial charge in [-0.15, -0.1) is 0 Å². The van der Waals surface area contributed by atoms with Gasteiger partial charge >= 0.3 is 0 Å². The summed E-state index contributed by atoms with van der Waals surface area (Å²) in [6.07, 6.45) is 1.58. The first-order valence-corrected chi connectivity index (χ1v) is 10.5. The number of carbonyl (C=O) groups excluding carboxylic acids is 3. The number of amides is 2. The lowest BCUT2D eigenvalue weighted by Gasteiger charge is -2.15. The van der Waals surface area contributed by atoms with Gasteiger partial charge in [-0.2, -0.15) is 0 Å². The Morgan fingerprint density at radius 1 is 0.839 bits per heavy atom. The number of likely N-dealkylation sites (tertiary alicyclic amines) is 1. The molecule has 3 aromatic rings. The van der Waals surface area contributed by atoms with Gasteiger partial charge in [-0.1, -0.05) is 54.6 Å². The summed E-state index contributed by atoms with van der Waals surface area (Å²) >= 11 is 0. The Balaban J connectivity index is 1.23. The van der Waals surface area contributed by atoms with Gasteiger partial charge in [-0.3, -0.25) is 14.4 Å². The molecule has 31 heavy (non-hydrogen) atoms. The van der Waals surface area contributed by atoms with Crippen LogP contribution in [0.25, 0.3) is 11.1 Å². The van der Waals surface area contributed by atoms with E-state index in [1.165, 1.54) is 0 Å². The number of hydrogen-bond acceptors (Lipinski definition) is 3. The number of fused-ring (bicyclic) bond motifs is 3. The molecule has 2 aliphatic rings. The molecule has 0 aromatic heterocycles. The molecule has 0 bridgehead atoms. The molecule has 1 N–H and O–H groups in total. The van der Waals surface area contributed by atoms with Gasteiger partial charge in [0.25, 0.3) is 5.91 Å². The highest BCUT2D eigenvalue weighted by molar-refractivity contribution is 6.22. The molecule has 1 saturated heterocycles. The van der Waals surface area contributed by atoms with Gasteiger partial charge < -0.3 is 10.2 Å². The standard InChI is InChI=1S/C26H22N2O3/c29-24-6-3-13-28(24)16-18-9-7-17(8-10-18)15-27-26(31)19-11-12-21-20-4-1-2-5-22(20)25(30)23(21)14-19/h1-2,4-5,7-12,14H,3,6,13,15-16H2,(H,27,31). The van der Waals surface area contributed by atoms with Crippen LogP contribution in [0.1, 0.15) is 50.2 Å². The molecule has 1 aliphatic heterocycles. The van der Waals surface area contributed by atoms with E-state index >= 15 is 0 Å². The molecule has 0 radical (unpaired) electrons. The maximum absolute atomic E-state index is 12.7. The van der Waals surface area contributed by atoms with E-state index in [1.54, 1.807) is 12.1 Å². The first-order valence-electron chi connectivity index (χ1n) is 10.5. The Hall–Kier alpha value is -3.73. The third kappa shape index (κ3) is 3.63. The van der Waals surface area contributed by atoms with Gasteiger partial charge in [0.05, 0.1) is 0 Å². The number of benzene rings is 3. The number of nitrogens with one attached hydrogen (secondary N) is 1. The molecular formula is C26H22N2O3. The monoisotopic (exact) mass is 410 g/mol. The normalized spacial score (nSPS) is 14.5. The van der Waals surface area contributed by atoms with Gasteiger partial charge in [-0.25, -0.2) is 0 Å². The van der Waals surface area contributed by atoms with Gasteiger partial charge in [0, 0.05) is 42.7 Å². The second-order valence-corrected chi connectivity index (χ2v) is 8.05. The zero-order valence-corrected chi connectivity index (χ0v) is 17.1. The van der Waals surface area contributed by atoms with Crippen molar-refractivity contribution in [3.05, 3.63) is 94.5 Å². The fourth-order valence-electron chi connectivity index (χ4n) is 4.31. The van der Waals surface area contributed by atoms with Crippen molar-refractivity contribution >= 4 is 17.6 Å². The summed E-state index contributed by atoms with van der Waals surface area (Å²) in [5.41, 5.74) is 5.61. The van der Waals surface area contributed by atoms with Crippen LogP contribution < -0.4 is 5.32 Å². The summed E-state index contributed by atoms with van der Waals surface area (Å²) in [6.45, 7) is 1.86. The van der Waals surface area contributed by atoms with Crippen molar-refractivity contribution in [3.8, 4) is 11.1 Å². The predicted octanol–water partition coefficient (Wildman–Crippen LogP) is 3.95. The molecule has 5 heteroatoms. The van der Waals surface area contributed by atoms with E-state index in [0.29, 0.717) is 36.2 Å². The highest BCUT2D eigenvalue weighted by Crippen LogP contribution is 2.36. The summed E-state index contributed by atoms with van der Waals surface area (Å²) in [4.78, 5) is 39.0. The molecule has 5 rings (SSSR count). The van der Waals surface area contributed by atoms with Crippen LogP contribution in [0.5, 0.6) is 0 Å². The van der Waals surface area contributed by atoms with E-state index < -0.39 is 0 Å². The Morgan fingerprint density at radius 3 is 2.29 bits per heavy atom. The molecule has 5 nitrogen and oxygen atoms in total. The fourth-order valence-corrected chi connectivity index (χ4v) is 4.31. The van der Waals surface area contributed by atoms with Gasteiger partial charge in [0.15, 0.2) is 5.78 Å². The lowest BCUT2D eigenvalue weighted by atomic mass is 10.0. The quantitative estimate of drug-likeness (QED) is 0.542. The Labute approximate surface area is 180 Å². The molecule has 0 saturated carbocycles. The van der Waals surface area contributed by atoms with E-state index in [2.05, 4.69) is 5.32 Å². The zero-order valence-electron chi connectivity index (χ0n) is 17.1. The first kappa shape index (κ1) is 19.2. The second kappa shape index (κ2) is 7.84. The van der Waals surface area contributed by atoms with E-state index in [9.17, 15) is 14.4 Å². The van der Waals surface area contributed by atoms with E-state index in [0.717, 1.165) is 35.2 Å². The third-order valence-corrected chi connectivity index (χ3v) is 6.01. The maximum atomic E-state index is 12.7. The summed E-state index contributed by atoms with van der Waals surface area (Å²) in [6, 6.07) is 20.8. The van der Waals surface area contributed by atoms with Crippen molar-refractivity contribution in [3.63, 3.8) is 0 Å². The maximum Gasteiger partial charge on any atom is 0.251 e. The van der Waals surface area contributed by atoms with Crippen LogP contribution in [-0.2, 0) is 17.9 Å². The Morgan fingerprint density at radius 2 is 1.55 bits per heavy atom. The van der Waals surface area contributed by atoms with E-state index in [4.69, 9.17) is 0 Å². The summed E-state index contributed by atoms with van der Waals surface area (Å²) < 4.78 is 0. The van der Waals surface area contributed by atoms with Crippen LogP contribution in [0.3, 0.4) is 0 Å². The van der Waals surface area contributed by atoms with Gasteiger partial charge in [0.2, 0.25) is 5.91 Å². The highest BCUT2D eigenvalue weighted by atomic mass is 16.2.